The number of fused-ring (bicyclic) bond motifs is 1. The lowest BCUT2D eigenvalue weighted by molar-refractivity contribution is -0.125. The van der Waals surface area contributed by atoms with E-state index in [2.05, 4.69) is 39.3 Å². The number of carbonyl (C=O) groups excluding carboxylic acids is 2. The number of aromatic nitrogens is 2. The van der Waals surface area contributed by atoms with Gasteiger partial charge in [-0.2, -0.15) is 0 Å². The summed E-state index contributed by atoms with van der Waals surface area (Å²) in [6.07, 6.45) is 3.29. The molecule has 2 aromatic heterocycles. The average Bonchev–Trinajstić information content (AvgIpc) is 3.03. The highest BCUT2D eigenvalue weighted by atomic mass is 32.1. The van der Waals surface area contributed by atoms with Crippen molar-refractivity contribution >= 4 is 39.3 Å². The highest BCUT2D eigenvalue weighted by Crippen LogP contribution is 2.37. The Kier molecular flexibility index (Phi) is 3.68. The number of amides is 3. The highest BCUT2D eigenvalue weighted by Gasteiger charge is 2.48. The minimum Gasteiger partial charge on any atom is -0.356 e. The lowest BCUT2D eigenvalue weighted by atomic mass is 9.79. The molecule has 2 aromatic rings. The molecule has 4 heterocycles. The number of hydrogen-bond donors (Lipinski definition) is 2. The van der Waals surface area contributed by atoms with Crippen LogP contribution in [0.1, 0.15) is 30.2 Å². The molecule has 1 unspecified atom stereocenters. The second kappa shape index (κ2) is 5.66. The molecule has 0 radical (unpaired) electrons. The minimum atomic E-state index is -0.806. The Morgan fingerprint density at radius 3 is 2.60 bits per heavy atom. The summed E-state index contributed by atoms with van der Waals surface area (Å²) in [6.45, 7) is 7.67. The van der Waals surface area contributed by atoms with Crippen molar-refractivity contribution in [3.63, 3.8) is 0 Å². The maximum atomic E-state index is 12.2. The Balaban J connectivity index is 1.57. The molecule has 0 aliphatic carbocycles. The van der Waals surface area contributed by atoms with Gasteiger partial charge in [0.05, 0.1) is 5.39 Å². The Morgan fingerprint density at radius 1 is 1.24 bits per heavy atom. The summed E-state index contributed by atoms with van der Waals surface area (Å²) in [4.78, 5) is 37.2. The number of imide groups is 1. The van der Waals surface area contributed by atoms with Crippen LogP contribution in [0.4, 0.5) is 10.6 Å². The van der Waals surface area contributed by atoms with Gasteiger partial charge in [-0.1, -0.05) is 0 Å². The van der Waals surface area contributed by atoms with Gasteiger partial charge < -0.3 is 10.2 Å². The highest BCUT2D eigenvalue weighted by molar-refractivity contribution is 7.18. The van der Waals surface area contributed by atoms with Crippen molar-refractivity contribution in [2.75, 3.05) is 18.0 Å². The first-order chi connectivity index (χ1) is 11.9. The predicted molar refractivity (Wildman–Crippen MR) is 96.9 cm³/mol. The molecule has 2 aliphatic heterocycles. The van der Waals surface area contributed by atoms with Gasteiger partial charge in [-0.05, 0) is 45.1 Å². The van der Waals surface area contributed by atoms with Crippen molar-refractivity contribution in [1.82, 2.24) is 20.6 Å². The van der Waals surface area contributed by atoms with Gasteiger partial charge in [-0.25, -0.2) is 14.8 Å². The van der Waals surface area contributed by atoms with Crippen LogP contribution in [0.15, 0.2) is 6.33 Å². The molecule has 4 rings (SSSR count). The normalized spacial score (nSPS) is 24.7. The van der Waals surface area contributed by atoms with Crippen LogP contribution >= 0.6 is 11.3 Å². The zero-order valence-corrected chi connectivity index (χ0v) is 15.4. The molecule has 0 aromatic carbocycles. The summed E-state index contributed by atoms with van der Waals surface area (Å²) < 4.78 is 0. The second-order valence-electron chi connectivity index (χ2n) is 7.03. The molecule has 8 heteroatoms. The summed E-state index contributed by atoms with van der Waals surface area (Å²) in [5.74, 6) is 0.887. The quantitative estimate of drug-likeness (QED) is 0.802. The number of hydrogen-bond acceptors (Lipinski definition) is 6. The van der Waals surface area contributed by atoms with Crippen LogP contribution < -0.4 is 15.5 Å². The molecule has 7 nitrogen and oxygen atoms in total. The lowest BCUT2D eigenvalue weighted by Gasteiger charge is -2.39. The molecular formula is C17H21N5O2S. The number of rotatable bonds is 2. The molecule has 1 atom stereocenters. The van der Waals surface area contributed by atoms with Gasteiger partial charge in [0.25, 0.3) is 5.91 Å². The van der Waals surface area contributed by atoms with Crippen LogP contribution in [0, 0.1) is 19.8 Å². The molecule has 3 amide bonds. The van der Waals surface area contributed by atoms with Crippen molar-refractivity contribution in [3.8, 4) is 0 Å². The standard InChI is InChI=1S/C17H21N5O2S/c1-9-10(2)25-14-12(9)13(18-8-19-14)22-6-4-11(5-7-22)17(3)15(23)20-16(24)21-17/h8,11H,4-7H2,1-3H3,(H2,20,21,23,24). The van der Waals surface area contributed by atoms with Crippen LogP contribution in [0.3, 0.4) is 0 Å². The van der Waals surface area contributed by atoms with Crippen molar-refractivity contribution in [2.24, 2.45) is 5.92 Å². The predicted octanol–water partition coefficient (Wildman–Crippen LogP) is 2.12. The van der Waals surface area contributed by atoms with E-state index in [1.165, 1.54) is 10.4 Å². The average molecular weight is 359 g/mol. The monoisotopic (exact) mass is 359 g/mol. The molecule has 2 aliphatic rings. The fraction of sp³-hybridized carbons (Fsp3) is 0.529. The molecule has 25 heavy (non-hydrogen) atoms. The second-order valence-corrected chi connectivity index (χ2v) is 8.24. The van der Waals surface area contributed by atoms with Crippen LogP contribution in [-0.2, 0) is 4.79 Å². The maximum absolute atomic E-state index is 12.2. The Bertz CT molecular complexity index is 871. The van der Waals surface area contributed by atoms with E-state index in [4.69, 9.17) is 0 Å². The first-order valence-corrected chi connectivity index (χ1v) is 9.31. The summed E-state index contributed by atoms with van der Waals surface area (Å²) in [5, 5.41) is 6.30. The first-order valence-electron chi connectivity index (χ1n) is 8.49. The number of anilines is 1. The number of piperidine rings is 1. The van der Waals surface area contributed by atoms with Gasteiger partial charge in [-0.15, -0.1) is 11.3 Å². The van der Waals surface area contributed by atoms with Crippen LogP contribution in [0.25, 0.3) is 10.2 Å². The van der Waals surface area contributed by atoms with Gasteiger partial charge in [0, 0.05) is 18.0 Å². The van der Waals surface area contributed by atoms with Crippen molar-refractivity contribution in [3.05, 3.63) is 16.8 Å². The molecule has 2 saturated heterocycles. The smallest absolute Gasteiger partial charge is 0.322 e. The molecule has 2 N–H and O–H groups in total. The van der Waals surface area contributed by atoms with E-state index in [-0.39, 0.29) is 11.8 Å². The lowest BCUT2D eigenvalue weighted by Crippen LogP contribution is -2.54. The molecule has 0 saturated carbocycles. The fourth-order valence-corrected chi connectivity index (χ4v) is 4.91. The SMILES string of the molecule is Cc1sc2ncnc(N3CCC(C4(C)NC(=O)NC4=O)CC3)c2c1C. The van der Waals surface area contributed by atoms with E-state index in [9.17, 15) is 9.59 Å². The fourth-order valence-electron chi connectivity index (χ4n) is 3.92. The maximum Gasteiger partial charge on any atom is 0.322 e. The third-order valence-corrected chi connectivity index (χ3v) is 6.74. The number of thiophene rings is 1. The zero-order chi connectivity index (χ0) is 17.8. The number of aryl methyl sites for hydroxylation is 2. The molecule has 0 spiro atoms. The Morgan fingerprint density at radius 2 is 1.96 bits per heavy atom. The van der Waals surface area contributed by atoms with Gasteiger partial charge in [0.15, 0.2) is 0 Å². The Hall–Kier alpha value is -2.22. The summed E-state index contributed by atoms with van der Waals surface area (Å²) in [5.41, 5.74) is 0.436. The third-order valence-electron chi connectivity index (χ3n) is 5.63. The van der Waals surface area contributed by atoms with Gasteiger partial charge >= 0.3 is 6.03 Å². The van der Waals surface area contributed by atoms with Crippen LogP contribution in [0.5, 0.6) is 0 Å². The largest absolute Gasteiger partial charge is 0.356 e. The summed E-state index contributed by atoms with van der Waals surface area (Å²) in [6, 6.07) is -0.392. The van der Waals surface area contributed by atoms with Gasteiger partial charge in [0.2, 0.25) is 0 Å². The van der Waals surface area contributed by atoms with Gasteiger partial charge in [0.1, 0.15) is 22.5 Å². The summed E-state index contributed by atoms with van der Waals surface area (Å²) in [7, 11) is 0. The topological polar surface area (TPSA) is 87.2 Å². The first kappa shape index (κ1) is 16.3. The van der Waals surface area contributed by atoms with E-state index in [1.807, 2.05) is 6.92 Å². The van der Waals surface area contributed by atoms with Crippen molar-refractivity contribution in [1.29, 1.82) is 0 Å². The van der Waals surface area contributed by atoms with Gasteiger partial charge in [-0.3, -0.25) is 10.1 Å². The van der Waals surface area contributed by atoms with E-state index in [0.29, 0.717) is 0 Å². The van der Waals surface area contributed by atoms with Crippen molar-refractivity contribution in [2.45, 2.75) is 39.2 Å². The molecule has 2 fully saturated rings. The molecule has 0 bridgehead atoms. The van der Waals surface area contributed by atoms with Crippen LogP contribution in [0.2, 0.25) is 0 Å². The number of nitrogens with one attached hydrogen (secondary N) is 2. The number of urea groups is 1. The Labute approximate surface area is 149 Å². The minimum absolute atomic E-state index is 0.123. The van der Waals surface area contributed by atoms with E-state index >= 15 is 0 Å². The zero-order valence-electron chi connectivity index (χ0n) is 14.5. The van der Waals surface area contributed by atoms with Crippen LogP contribution in [-0.4, -0.2) is 40.5 Å². The van der Waals surface area contributed by atoms with E-state index in [1.54, 1.807) is 17.7 Å². The van der Waals surface area contributed by atoms with E-state index < -0.39 is 11.6 Å². The number of nitrogens with zero attached hydrogens (tertiary/aromatic N) is 3. The van der Waals surface area contributed by atoms with Crippen molar-refractivity contribution < 1.29 is 9.59 Å². The number of carbonyl (C=O) groups is 2. The third kappa shape index (κ3) is 2.47. The summed E-state index contributed by atoms with van der Waals surface area (Å²) >= 11 is 1.70. The molecule has 132 valence electrons. The molecular weight excluding hydrogens is 338 g/mol. The van der Waals surface area contributed by atoms with E-state index in [0.717, 1.165) is 42.0 Å².